The Morgan fingerprint density at radius 2 is 1.95 bits per heavy atom. The number of hydrogen-bond donors (Lipinski definition) is 1. The number of nitrogens with zero attached hydrogens (tertiary/aromatic N) is 1. The maximum Gasteiger partial charge on any atom is 0.250 e. The second-order valence-corrected chi connectivity index (χ2v) is 6.45. The van der Waals surface area contributed by atoms with Crippen molar-refractivity contribution in [2.45, 2.75) is 40.2 Å². The molecule has 4 heteroatoms. The Kier molecular flexibility index (Phi) is 3.84. The van der Waals surface area contributed by atoms with Gasteiger partial charge in [-0.3, -0.25) is 9.59 Å². The maximum absolute atomic E-state index is 12.8. The molecular formula is C16H22N2O2. The molecule has 1 aliphatic rings. The normalized spacial score (nSPS) is 20.6. The second kappa shape index (κ2) is 5.27. The SMILES string of the molecule is Cc1cccc(N2CCC(=O)NC(C(C)(C)C)C2=O)c1. The first-order valence-corrected chi connectivity index (χ1v) is 6.96. The molecule has 108 valence electrons. The van der Waals surface area contributed by atoms with Gasteiger partial charge in [0.15, 0.2) is 0 Å². The van der Waals surface area contributed by atoms with E-state index in [9.17, 15) is 9.59 Å². The van der Waals surface area contributed by atoms with Gasteiger partial charge in [-0.2, -0.15) is 0 Å². The van der Waals surface area contributed by atoms with Crippen LogP contribution < -0.4 is 10.2 Å². The number of carbonyl (C=O) groups excluding carboxylic acids is 2. The van der Waals surface area contributed by atoms with E-state index >= 15 is 0 Å². The van der Waals surface area contributed by atoms with Gasteiger partial charge in [-0.25, -0.2) is 0 Å². The highest BCUT2D eigenvalue weighted by molar-refractivity contribution is 6.01. The number of carbonyl (C=O) groups is 2. The summed E-state index contributed by atoms with van der Waals surface area (Å²) in [4.78, 5) is 26.3. The molecule has 1 aromatic rings. The van der Waals surface area contributed by atoms with Gasteiger partial charge in [0.05, 0.1) is 0 Å². The summed E-state index contributed by atoms with van der Waals surface area (Å²) < 4.78 is 0. The molecule has 1 unspecified atom stereocenters. The fourth-order valence-corrected chi connectivity index (χ4v) is 2.41. The second-order valence-electron chi connectivity index (χ2n) is 6.45. The highest BCUT2D eigenvalue weighted by Crippen LogP contribution is 2.26. The summed E-state index contributed by atoms with van der Waals surface area (Å²) >= 11 is 0. The van der Waals surface area contributed by atoms with E-state index in [4.69, 9.17) is 0 Å². The zero-order valence-corrected chi connectivity index (χ0v) is 12.6. The molecule has 1 heterocycles. The van der Waals surface area contributed by atoms with Gasteiger partial charge in [0.2, 0.25) is 11.8 Å². The molecule has 20 heavy (non-hydrogen) atoms. The van der Waals surface area contributed by atoms with Crippen LogP contribution in [-0.2, 0) is 9.59 Å². The topological polar surface area (TPSA) is 49.4 Å². The molecule has 1 N–H and O–H groups in total. The van der Waals surface area contributed by atoms with Gasteiger partial charge in [0.25, 0.3) is 0 Å². The van der Waals surface area contributed by atoms with Gasteiger partial charge in [-0.15, -0.1) is 0 Å². The Bertz CT molecular complexity index is 532. The number of amides is 2. The number of aryl methyl sites for hydroxylation is 1. The lowest BCUT2D eigenvalue weighted by molar-refractivity contribution is -0.127. The van der Waals surface area contributed by atoms with Crippen molar-refractivity contribution in [3.63, 3.8) is 0 Å². The molecule has 1 aliphatic heterocycles. The van der Waals surface area contributed by atoms with Gasteiger partial charge in [0, 0.05) is 18.7 Å². The third-order valence-corrected chi connectivity index (χ3v) is 3.56. The number of benzene rings is 1. The molecule has 1 saturated heterocycles. The average molecular weight is 274 g/mol. The standard InChI is InChI=1S/C16H22N2O2/c1-11-6-5-7-12(10-11)18-9-8-13(19)17-14(15(18)20)16(2,3)4/h5-7,10,14H,8-9H2,1-4H3,(H,17,19). The first kappa shape index (κ1) is 14.6. The van der Waals surface area contributed by atoms with E-state index in [1.165, 1.54) is 0 Å². The van der Waals surface area contributed by atoms with E-state index in [1.807, 2.05) is 52.0 Å². The third-order valence-electron chi connectivity index (χ3n) is 3.56. The summed E-state index contributed by atoms with van der Waals surface area (Å²) in [7, 11) is 0. The molecule has 2 amide bonds. The molecular weight excluding hydrogens is 252 g/mol. The first-order chi connectivity index (χ1) is 9.29. The summed E-state index contributed by atoms with van der Waals surface area (Å²) in [6.07, 6.45) is 0.340. The largest absolute Gasteiger partial charge is 0.344 e. The van der Waals surface area contributed by atoms with E-state index in [2.05, 4.69) is 5.32 Å². The number of hydrogen-bond acceptors (Lipinski definition) is 2. The highest BCUT2D eigenvalue weighted by Gasteiger charge is 2.38. The Labute approximate surface area is 120 Å². The highest BCUT2D eigenvalue weighted by atomic mass is 16.2. The Morgan fingerprint density at radius 1 is 1.25 bits per heavy atom. The smallest absolute Gasteiger partial charge is 0.250 e. The van der Waals surface area contributed by atoms with E-state index in [-0.39, 0.29) is 17.2 Å². The van der Waals surface area contributed by atoms with Crippen LogP contribution in [0.1, 0.15) is 32.8 Å². The van der Waals surface area contributed by atoms with Crippen LogP contribution in [-0.4, -0.2) is 24.4 Å². The van der Waals surface area contributed by atoms with Crippen LogP contribution in [0, 0.1) is 12.3 Å². The fraction of sp³-hybridized carbons (Fsp3) is 0.500. The lowest BCUT2D eigenvalue weighted by Gasteiger charge is -2.32. The lowest BCUT2D eigenvalue weighted by atomic mass is 9.86. The van der Waals surface area contributed by atoms with Crippen molar-refractivity contribution in [2.75, 3.05) is 11.4 Å². The summed E-state index contributed by atoms with van der Waals surface area (Å²) in [5.74, 6) is -0.0950. The minimum Gasteiger partial charge on any atom is -0.344 e. The molecule has 0 aliphatic carbocycles. The van der Waals surface area contributed by atoms with E-state index in [1.54, 1.807) is 4.90 Å². The van der Waals surface area contributed by atoms with Crippen LogP contribution in [0.15, 0.2) is 24.3 Å². The van der Waals surface area contributed by atoms with Crippen LogP contribution in [0.4, 0.5) is 5.69 Å². The number of nitrogens with one attached hydrogen (secondary N) is 1. The number of rotatable bonds is 1. The molecule has 0 aromatic heterocycles. The Hall–Kier alpha value is -1.84. The molecule has 2 rings (SSSR count). The Balaban J connectivity index is 2.37. The molecule has 0 radical (unpaired) electrons. The minimum absolute atomic E-state index is 0.0334. The number of anilines is 1. The maximum atomic E-state index is 12.8. The van der Waals surface area contributed by atoms with Gasteiger partial charge >= 0.3 is 0 Å². The predicted molar refractivity (Wildman–Crippen MR) is 79.5 cm³/mol. The third kappa shape index (κ3) is 3.00. The van der Waals surface area contributed by atoms with E-state index in [0.717, 1.165) is 11.3 Å². The molecule has 0 spiro atoms. The molecule has 1 atom stereocenters. The predicted octanol–water partition coefficient (Wildman–Crippen LogP) is 2.26. The van der Waals surface area contributed by atoms with Crippen molar-refractivity contribution in [1.82, 2.24) is 5.32 Å². The molecule has 0 bridgehead atoms. The van der Waals surface area contributed by atoms with Gasteiger partial charge in [-0.05, 0) is 30.0 Å². The summed E-state index contributed by atoms with van der Waals surface area (Å²) in [6, 6.07) is 7.34. The molecule has 1 fully saturated rings. The zero-order valence-electron chi connectivity index (χ0n) is 12.6. The summed E-state index contributed by atoms with van der Waals surface area (Å²) in [5, 5.41) is 2.85. The van der Waals surface area contributed by atoms with E-state index < -0.39 is 6.04 Å². The molecule has 0 saturated carbocycles. The van der Waals surface area contributed by atoms with Crippen molar-refractivity contribution in [2.24, 2.45) is 5.41 Å². The van der Waals surface area contributed by atoms with Crippen molar-refractivity contribution in [3.05, 3.63) is 29.8 Å². The molecule has 4 nitrogen and oxygen atoms in total. The van der Waals surface area contributed by atoms with Gasteiger partial charge < -0.3 is 10.2 Å². The van der Waals surface area contributed by atoms with Crippen molar-refractivity contribution in [3.8, 4) is 0 Å². The van der Waals surface area contributed by atoms with E-state index in [0.29, 0.717) is 13.0 Å². The van der Waals surface area contributed by atoms with Crippen molar-refractivity contribution in [1.29, 1.82) is 0 Å². The monoisotopic (exact) mass is 274 g/mol. The van der Waals surface area contributed by atoms with Crippen molar-refractivity contribution >= 4 is 17.5 Å². The average Bonchev–Trinajstić information content (AvgIpc) is 2.49. The summed E-state index contributed by atoms with van der Waals surface area (Å²) in [6.45, 7) is 8.33. The van der Waals surface area contributed by atoms with Crippen LogP contribution in [0.2, 0.25) is 0 Å². The van der Waals surface area contributed by atoms with Crippen molar-refractivity contribution < 1.29 is 9.59 Å². The first-order valence-electron chi connectivity index (χ1n) is 6.96. The van der Waals surface area contributed by atoms with Crippen LogP contribution in [0.25, 0.3) is 0 Å². The molecule has 1 aromatic carbocycles. The quantitative estimate of drug-likeness (QED) is 0.854. The van der Waals surface area contributed by atoms with Crippen LogP contribution in [0.5, 0.6) is 0 Å². The zero-order chi connectivity index (χ0) is 14.9. The Morgan fingerprint density at radius 3 is 2.55 bits per heavy atom. The minimum atomic E-state index is -0.488. The van der Waals surface area contributed by atoms with Crippen LogP contribution >= 0.6 is 0 Å². The summed E-state index contributed by atoms with van der Waals surface area (Å²) in [5.41, 5.74) is 1.66. The lowest BCUT2D eigenvalue weighted by Crippen LogP contribution is -2.52. The van der Waals surface area contributed by atoms with Crippen LogP contribution in [0.3, 0.4) is 0 Å². The van der Waals surface area contributed by atoms with Gasteiger partial charge in [0.1, 0.15) is 6.04 Å². The fourth-order valence-electron chi connectivity index (χ4n) is 2.41. The van der Waals surface area contributed by atoms with Gasteiger partial charge in [-0.1, -0.05) is 32.9 Å².